The Kier molecular flexibility index (Phi) is 5.22. The average Bonchev–Trinajstić information content (AvgIpc) is 2.66. The predicted octanol–water partition coefficient (Wildman–Crippen LogP) is 2.76. The SMILES string of the molecule is Cc1cc(C(C)NC(=O)CN2Cc3c(ccc(F)c3F)NC2=O)ncc1C#N. The van der Waals surface area contributed by atoms with Crippen molar-refractivity contribution in [3.05, 3.63) is 58.4 Å². The Morgan fingerprint density at radius 2 is 2.21 bits per heavy atom. The van der Waals surface area contributed by atoms with E-state index in [0.717, 1.165) is 16.5 Å². The molecule has 2 heterocycles. The highest BCUT2D eigenvalue weighted by Crippen LogP contribution is 2.27. The smallest absolute Gasteiger partial charge is 0.322 e. The number of rotatable bonds is 4. The van der Waals surface area contributed by atoms with E-state index in [0.29, 0.717) is 11.3 Å². The van der Waals surface area contributed by atoms with Gasteiger partial charge >= 0.3 is 6.03 Å². The van der Waals surface area contributed by atoms with E-state index in [1.54, 1.807) is 19.9 Å². The second-order valence-electron chi connectivity index (χ2n) is 6.50. The number of aromatic nitrogens is 1. The van der Waals surface area contributed by atoms with Crippen molar-refractivity contribution in [1.29, 1.82) is 5.26 Å². The van der Waals surface area contributed by atoms with Crippen LogP contribution in [0.3, 0.4) is 0 Å². The van der Waals surface area contributed by atoms with Crippen LogP contribution in [-0.4, -0.2) is 28.4 Å². The summed E-state index contributed by atoms with van der Waals surface area (Å²) in [5.74, 6) is -2.55. The van der Waals surface area contributed by atoms with Crippen molar-refractivity contribution in [2.75, 3.05) is 11.9 Å². The summed E-state index contributed by atoms with van der Waals surface area (Å²) in [6.45, 7) is 2.93. The minimum atomic E-state index is -1.05. The van der Waals surface area contributed by atoms with Crippen molar-refractivity contribution in [2.45, 2.75) is 26.4 Å². The standard InChI is InChI=1S/C19H17F2N5O2/c1-10-5-16(23-7-12(10)6-22)11(2)24-17(27)9-26-8-13-15(25-19(26)28)4-3-14(20)18(13)21/h3-5,7,11H,8-9H2,1-2H3,(H,24,27)(H,25,28). The first-order chi connectivity index (χ1) is 13.3. The molecule has 0 saturated heterocycles. The molecule has 2 aromatic rings. The average molecular weight is 385 g/mol. The van der Waals surface area contributed by atoms with E-state index in [1.165, 1.54) is 12.3 Å². The van der Waals surface area contributed by atoms with Crippen LogP contribution in [-0.2, 0) is 11.3 Å². The van der Waals surface area contributed by atoms with Crippen LogP contribution in [0.5, 0.6) is 0 Å². The van der Waals surface area contributed by atoms with Gasteiger partial charge in [0.2, 0.25) is 5.91 Å². The fourth-order valence-corrected chi connectivity index (χ4v) is 2.91. The summed E-state index contributed by atoms with van der Waals surface area (Å²) in [5.41, 5.74) is 1.92. The largest absolute Gasteiger partial charge is 0.346 e. The molecule has 7 nitrogen and oxygen atoms in total. The van der Waals surface area contributed by atoms with Crippen molar-refractivity contribution in [3.8, 4) is 6.07 Å². The van der Waals surface area contributed by atoms with Crippen LogP contribution in [0.25, 0.3) is 0 Å². The summed E-state index contributed by atoms with van der Waals surface area (Å²) in [6, 6.07) is 4.90. The maximum Gasteiger partial charge on any atom is 0.322 e. The summed E-state index contributed by atoms with van der Waals surface area (Å²) in [4.78, 5) is 29.7. The second-order valence-corrected chi connectivity index (χ2v) is 6.50. The van der Waals surface area contributed by atoms with Crippen molar-refractivity contribution in [2.24, 2.45) is 0 Å². The highest BCUT2D eigenvalue weighted by molar-refractivity contribution is 5.94. The summed E-state index contributed by atoms with van der Waals surface area (Å²) < 4.78 is 27.4. The van der Waals surface area contributed by atoms with E-state index >= 15 is 0 Å². The Balaban J connectivity index is 1.67. The van der Waals surface area contributed by atoms with E-state index in [1.807, 2.05) is 6.07 Å². The van der Waals surface area contributed by atoms with E-state index in [2.05, 4.69) is 15.6 Å². The van der Waals surface area contributed by atoms with Gasteiger partial charge in [0.05, 0.1) is 29.5 Å². The molecule has 1 aliphatic rings. The van der Waals surface area contributed by atoms with Crippen molar-refractivity contribution in [3.63, 3.8) is 0 Å². The summed E-state index contributed by atoms with van der Waals surface area (Å²) in [5, 5.41) is 14.1. The number of hydrogen-bond donors (Lipinski definition) is 2. The number of urea groups is 1. The normalized spacial score (nSPS) is 14.0. The lowest BCUT2D eigenvalue weighted by Crippen LogP contribution is -2.45. The van der Waals surface area contributed by atoms with Gasteiger partial charge in [0.1, 0.15) is 12.6 Å². The Morgan fingerprint density at radius 3 is 2.89 bits per heavy atom. The van der Waals surface area contributed by atoms with Crippen LogP contribution in [0.15, 0.2) is 24.4 Å². The van der Waals surface area contributed by atoms with Crippen LogP contribution in [0, 0.1) is 29.9 Å². The lowest BCUT2D eigenvalue weighted by Gasteiger charge is -2.29. The molecular weight excluding hydrogens is 368 g/mol. The first kappa shape index (κ1) is 19.2. The first-order valence-electron chi connectivity index (χ1n) is 8.49. The number of aryl methyl sites for hydroxylation is 1. The van der Waals surface area contributed by atoms with Crippen molar-refractivity contribution < 1.29 is 18.4 Å². The molecule has 1 aromatic carbocycles. The zero-order valence-corrected chi connectivity index (χ0v) is 15.2. The number of halogens is 2. The summed E-state index contributed by atoms with van der Waals surface area (Å²) >= 11 is 0. The first-order valence-corrected chi connectivity index (χ1v) is 8.49. The van der Waals surface area contributed by atoms with E-state index < -0.39 is 29.6 Å². The van der Waals surface area contributed by atoms with Gasteiger partial charge in [0, 0.05) is 11.8 Å². The fourth-order valence-electron chi connectivity index (χ4n) is 2.91. The van der Waals surface area contributed by atoms with E-state index in [4.69, 9.17) is 5.26 Å². The van der Waals surface area contributed by atoms with Crippen LogP contribution in [0.1, 0.15) is 35.3 Å². The monoisotopic (exact) mass is 385 g/mol. The van der Waals surface area contributed by atoms with Gasteiger partial charge in [-0.15, -0.1) is 0 Å². The van der Waals surface area contributed by atoms with Crippen molar-refractivity contribution >= 4 is 17.6 Å². The van der Waals surface area contributed by atoms with Gasteiger partial charge in [0.15, 0.2) is 11.6 Å². The number of carbonyl (C=O) groups is 2. The molecule has 3 amide bonds. The van der Waals surface area contributed by atoms with Gasteiger partial charge in [0.25, 0.3) is 0 Å². The molecule has 3 rings (SSSR count). The van der Waals surface area contributed by atoms with E-state index in [-0.39, 0.29) is 24.3 Å². The number of fused-ring (bicyclic) bond motifs is 1. The molecule has 28 heavy (non-hydrogen) atoms. The minimum absolute atomic E-state index is 0.00941. The molecule has 0 aliphatic carbocycles. The number of pyridine rings is 1. The molecule has 0 fully saturated rings. The zero-order chi connectivity index (χ0) is 20.4. The number of amides is 3. The van der Waals surface area contributed by atoms with E-state index in [9.17, 15) is 18.4 Å². The molecule has 9 heteroatoms. The van der Waals surface area contributed by atoms with Crippen LogP contribution < -0.4 is 10.6 Å². The van der Waals surface area contributed by atoms with Crippen LogP contribution >= 0.6 is 0 Å². The van der Waals surface area contributed by atoms with Gasteiger partial charge in [-0.2, -0.15) is 5.26 Å². The summed E-state index contributed by atoms with van der Waals surface area (Å²) in [6.07, 6.45) is 1.43. The highest BCUT2D eigenvalue weighted by atomic mass is 19.2. The lowest BCUT2D eigenvalue weighted by molar-refractivity contribution is -0.122. The Morgan fingerprint density at radius 1 is 1.46 bits per heavy atom. The minimum Gasteiger partial charge on any atom is -0.346 e. The Labute approximate surface area is 160 Å². The molecule has 1 atom stereocenters. The maximum atomic E-state index is 14.0. The topological polar surface area (TPSA) is 98.1 Å². The predicted molar refractivity (Wildman–Crippen MR) is 96.0 cm³/mol. The molecule has 0 bridgehead atoms. The number of nitriles is 1. The van der Waals surface area contributed by atoms with Gasteiger partial charge in [-0.3, -0.25) is 9.78 Å². The molecule has 0 saturated carbocycles. The van der Waals surface area contributed by atoms with Gasteiger partial charge in [-0.1, -0.05) is 0 Å². The number of benzene rings is 1. The zero-order valence-electron chi connectivity index (χ0n) is 15.2. The van der Waals surface area contributed by atoms with Gasteiger partial charge < -0.3 is 15.5 Å². The Hall–Kier alpha value is -3.54. The molecule has 144 valence electrons. The molecule has 0 radical (unpaired) electrons. The number of nitrogens with zero attached hydrogens (tertiary/aromatic N) is 3. The number of anilines is 1. The fraction of sp³-hybridized carbons (Fsp3) is 0.263. The Bertz CT molecular complexity index is 1000. The maximum absolute atomic E-state index is 14.0. The third-order valence-electron chi connectivity index (χ3n) is 4.48. The molecular formula is C19H17F2N5O2. The quantitative estimate of drug-likeness (QED) is 0.846. The molecule has 1 aromatic heterocycles. The molecule has 0 spiro atoms. The van der Waals surface area contributed by atoms with Gasteiger partial charge in [-0.05, 0) is 37.6 Å². The number of nitrogens with one attached hydrogen (secondary N) is 2. The molecule has 1 unspecified atom stereocenters. The van der Waals surface area contributed by atoms with Gasteiger partial charge in [-0.25, -0.2) is 13.6 Å². The van der Waals surface area contributed by atoms with Crippen LogP contribution in [0.4, 0.5) is 19.3 Å². The highest BCUT2D eigenvalue weighted by Gasteiger charge is 2.28. The molecule has 1 aliphatic heterocycles. The molecule has 2 N–H and O–H groups in total. The summed E-state index contributed by atoms with van der Waals surface area (Å²) in [7, 11) is 0. The number of hydrogen-bond acceptors (Lipinski definition) is 4. The third-order valence-corrected chi connectivity index (χ3v) is 4.48. The van der Waals surface area contributed by atoms with Crippen molar-refractivity contribution in [1.82, 2.24) is 15.2 Å². The lowest BCUT2D eigenvalue weighted by atomic mass is 10.1. The third kappa shape index (κ3) is 3.76. The second kappa shape index (κ2) is 7.60. The number of carbonyl (C=O) groups excluding carboxylic acids is 2. The van der Waals surface area contributed by atoms with Crippen LogP contribution in [0.2, 0.25) is 0 Å².